The second-order valence-electron chi connectivity index (χ2n) is 3.87. The second-order valence-corrected chi connectivity index (χ2v) is 3.87. The largest absolute Gasteiger partial charge is 0.352 e. The number of hydrogen-bond acceptors (Lipinski definition) is 3. The first-order chi connectivity index (χ1) is 6.68. The fraction of sp³-hybridized carbons (Fsp3) is 0.889. The second kappa shape index (κ2) is 5.82. The van der Waals surface area contributed by atoms with Crippen LogP contribution in [0.4, 0.5) is 4.79 Å². The van der Waals surface area contributed by atoms with E-state index in [4.69, 9.17) is 11.5 Å². The zero-order chi connectivity index (χ0) is 10.4. The van der Waals surface area contributed by atoms with Crippen LogP contribution in [0.5, 0.6) is 0 Å². The molecule has 0 radical (unpaired) electrons. The maximum atomic E-state index is 10.4. The van der Waals surface area contributed by atoms with Crippen molar-refractivity contribution in [2.45, 2.75) is 37.8 Å². The molecule has 1 aliphatic rings. The van der Waals surface area contributed by atoms with E-state index in [1.54, 1.807) is 0 Å². The van der Waals surface area contributed by atoms with Gasteiger partial charge in [-0.1, -0.05) is 6.42 Å². The fourth-order valence-corrected chi connectivity index (χ4v) is 1.87. The number of carbonyl (C=O) groups excluding carboxylic acids is 1. The molecule has 1 rings (SSSR count). The molecule has 14 heavy (non-hydrogen) atoms. The summed E-state index contributed by atoms with van der Waals surface area (Å²) in [5, 5.41) is 5.90. The minimum absolute atomic E-state index is 0.338. The molecule has 0 aliphatic heterocycles. The summed E-state index contributed by atoms with van der Waals surface area (Å²) in [5.74, 6) is 0. The van der Waals surface area contributed by atoms with E-state index in [9.17, 15) is 4.79 Å². The third kappa shape index (κ3) is 4.43. The molecule has 0 aromatic rings. The van der Waals surface area contributed by atoms with Gasteiger partial charge in [-0.2, -0.15) is 0 Å². The van der Waals surface area contributed by atoms with Crippen LogP contribution >= 0.6 is 0 Å². The SMILES string of the molecule is NC(=O)NCCNC1CCCC(N)C1. The summed E-state index contributed by atoms with van der Waals surface area (Å²) in [6.45, 7) is 1.35. The summed E-state index contributed by atoms with van der Waals surface area (Å²) in [4.78, 5) is 10.4. The maximum Gasteiger partial charge on any atom is 0.312 e. The van der Waals surface area contributed by atoms with Crippen LogP contribution in [0.3, 0.4) is 0 Å². The Labute approximate surface area is 84.6 Å². The Morgan fingerprint density at radius 2 is 2.14 bits per heavy atom. The van der Waals surface area contributed by atoms with Gasteiger partial charge in [-0.05, 0) is 19.3 Å². The van der Waals surface area contributed by atoms with Crippen LogP contribution in [0.2, 0.25) is 0 Å². The first-order valence-electron chi connectivity index (χ1n) is 5.20. The summed E-state index contributed by atoms with van der Waals surface area (Å²) in [6.07, 6.45) is 4.56. The Hall–Kier alpha value is -0.810. The first kappa shape index (κ1) is 11.3. The van der Waals surface area contributed by atoms with Crippen molar-refractivity contribution in [3.05, 3.63) is 0 Å². The van der Waals surface area contributed by atoms with Gasteiger partial charge >= 0.3 is 6.03 Å². The molecular formula is C9H20N4O. The molecule has 0 saturated heterocycles. The molecule has 6 N–H and O–H groups in total. The van der Waals surface area contributed by atoms with Crippen molar-refractivity contribution >= 4 is 6.03 Å². The van der Waals surface area contributed by atoms with Gasteiger partial charge < -0.3 is 22.1 Å². The number of nitrogens with one attached hydrogen (secondary N) is 2. The number of rotatable bonds is 4. The topological polar surface area (TPSA) is 93.2 Å². The van der Waals surface area contributed by atoms with Crippen molar-refractivity contribution in [1.82, 2.24) is 10.6 Å². The van der Waals surface area contributed by atoms with E-state index >= 15 is 0 Å². The van der Waals surface area contributed by atoms with Crippen molar-refractivity contribution in [3.63, 3.8) is 0 Å². The zero-order valence-electron chi connectivity index (χ0n) is 8.46. The third-order valence-corrected chi connectivity index (χ3v) is 2.57. The molecule has 0 heterocycles. The van der Waals surface area contributed by atoms with Gasteiger partial charge in [0.25, 0.3) is 0 Å². The number of urea groups is 1. The van der Waals surface area contributed by atoms with Gasteiger partial charge in [-0.3, -0.25) is 0 Å². The zero-order valence-corrected chi connectivity index (χ0v) is 8.46. The lowest BCUT2D eigenvalue weighted by Gasteiger charge is -2.27. The Morgan fingerprint density at radius 3 is 2.79 bits per heavy atom. The highest BCUT2D eigenvalue weighted by Gasteiger charge is 2.17. The Morgan fingerprint density at radius 1 is 1.36 bits per heavy atom. The lowest BCUT2D eigenvalue weighted by Crippen LogP contribution is -2.43. The van der Waals surface area contributed by atoms with E-state index in [1.165, 1.54) is 12.8 Å². The van der Waals surface area contributed by atoms with Gasteiger partial charge in [-0.25, -0.2) is 4.79 Å². The van der Waals surface area contributed by atoms with Crippen molar-refractivity contribution < 1.29 is 4.79 Å². The van der Waals surface area contributed by atoms with Crippen LogP contribution in [0, 0.1) is 0 Å². The van der Waals surface area contributed by atoms with Crippen LogP contribution in [0.1, 0.15) is 25.7 Å². The summed E-state index contributed by atoms with van der Waals surface area (Å²) < 4.78 is 0. The number of primary amides is 1. The third-order valence-electron chi connectivity index (χ3n) is 2.57. The van der Waals surface area contributed by atoms with Crippen molar-refractivity contribution in [1.29, 1.82) is 0 Å². The molecule has 2 amide bonds. The lowest BCUT2D eigenvalue weighted by molar-refractivity contribution is 0.248. The van der Waals surface area contributed by atoms with Crippen LogP contribution in [-0.4, -0.2) is 31.2 Å². The van der Waals surface area contributed by atoms with Crippen molar-refractivity contribution in [3.8, 4) is 0 Å². The summed E-state index contributed by atoms with van der Waals surface area (Å²) in [5.41, 5.74) is 10.8. The van der Waals surface area contributed by atoms with Gasteiger partial charge in [0, 0.05) is 25.2 Å². The standard InChI is InChI=1S/C9H20N4O/c10-7-2-1-3-8(6-7)12-4-5-13-9(11)14/h7-8,12H,1-6,10H2,(H3,11,13,14). The molecule has 1 aliphatic carbocycles. The average Bonchev–Trinajstić information content (AvgIpc) is 2.12. The number of nitrogens with two attached hydrogens (primary N) is 2. The van der Waals surface area contributed by atoms with E-state index in [0.717, 1.165) is 19.4 Å². The highest BCUT2D eigenvalue weighted by atomic mass is 16.2. The van der Waals surface area contributed by atoms with Crippen LogP contribution < -0.4 is 22.1 Å². The summed E-state index contributed by atoms with van der Waals surface area (Å²) in [7, 11) is 0. The van der Waals surface area contributed by atoms with Gasteiger partial charge in [0.05, 0.1) is 0 Å². The smallest absolute Gasteiger partial charge is 0.312 e. The fourth-order valence-electron chi connectivity index (χ4n) is 1.87. The average molecular weight is 200 g/mol. The molecule has 1 fully saturated rings. The van der Waals surface area contributed by atoms with Crippen LogP contribution in [0.25, 0.3) is 0 Å². The van der Waals surface area contributed by atoms with Crippen LogP contribution in [-0.2, 0) is 0 Å². The maximum absolute atomic E-state index is 10.4. The Bertz CT molecular complexity index is 186. The lowest BCUT2D eigenvalue weighted by atomic mass is 9.92. The minimum Gasteiger partial charge on any atom is -0.352 e. The van der Waals surface area contributed by atoms with E-state index in [1.807, 2.05) is 0 Å². The highest BCUT2D eigenvalue weighted by molar-refractivity contribution is 5.71. The molecule has 0 spiro atoms. The van der Waals surface area contributed by atoms with E-state index in [2.05, 4.69) is 10.6 Å². The molecule has 2 atom stereocenters. The summed E-state index contributed by atoms with van der Waals surface area (Å²) >= 11 is 0. The van der Waals surface area contributed by atoms with Gasteiger partial charge in [-0.15, -0.1) is 0 Å². The summed E-state index contributed by atoms with van der Waals surface area (Å²) in [6, 6.07) is 0.380. The quantitative estimate of drug-likeness (QED) is 0.461. The molecule has 5 heteroatoms. The van der Waals surface area contributed by atoms with Gasteiger partial charge in [0.1, 0.15) is 0 Å². The number of amides is 2. The molecule has 82 valence electrons. The van der Waals surface area contributed by atoms with Gasteiger partial charge in [0.15, 0.2) is 0 Å². The number of carbonyl (C=O) groups is 1. The van der Waals surface area contributed by atoms with E-state index in [0.29, 0.717) is 18.6 Å². The molecule has 0 bridgehead atoms. The molecule has 5 nitrogen and oxygen atoms in total. The first-order valence-corrected chi connectivity index (χ1v) is 5.20. The predicted molar refractivity (Wildman–Crippen MR) is 55.8 cm³/mol. The molecule has 2 unspecified atom stereocenters. The highest BCUT2D eigenvalue weighted by Crippen LogP contribution is 2.16. The molecule has 0 aromatic heterocycles. The van der Waals surface area contributed by atoms with Gasteiger partial charge in [0.2, 0.25) is 0 Å². The van der Waals surface area contributed by atoms with Crippen molar-refractivity contribution in [2.75, 3.05) is 13.1 Å². The Kier molecular flexibility index (Phi) is 4.69. The normalized spacial score (nSPS) is 27.2. The Balaban J connectivity index is 2.03. The minimum atomic E-state index is -0.466. The molecule has 1 saturated carbocycles. The van der Waals surface area contributed by atoms with Crippen molar-refractivity contribution in [2.24, 2.45) is 11.5 Å². The predicted octanol–water partition coefficient (Wildman–Crippen LogP) is -0.486. The monoisotopic (exact) mass is 200 g/mol. The van der Waals surface area contributed by atoms with E-state index < -0.39 is 6.03 Å². The molecular weight excluding hydrogens is 180 g/mol. The number of hydrogen-bond donors (Lipinski definition) is 4. The molecule has 0 aromatic carbocycles. The van der Waals surface area contributed by atoms with E-state index in [-0.39, 0.29) is 0 Å². The van der Waals surface area contributed by atoms with Crippen LogP contribution in [0.15, 0.2) is 0 Å².